The van der Waals surface area contributed by atoms with Crippen LogP contribution in [0.4, 0.5) is 0 Å². The Hall–Kier alpha value is -1.76. The fraction of sp³-hybridized carbons (Fsp3) is 0.200. The molecule has 0 aliphatic carbocycles. The maximum atomic E-state index is 9.69. The molecule has 0 saturated carbocycles. The van der Waals surface area contributed by atoms with Crippen molar-refractivity contribution in [3.8, 4) is 16.9 Å². The molecule has 0 heterocycles. The zero-order valence-corrected chi connectivity index (χ0v) is 9.91. The van der Waals surface area contributed by atoms with E-state index in [0.717, 1.165) is 16.7 Å². The van der Waals surface area contributed by atoms with E-state index >= 15 is 0 Å². The number of phenolic OH excluding ortho intramolecular Hbond substituents is 1. The van der Waals surface area contributed by atoms with Crippen LogP contribution in [0.25, 0.3) is 11.1 Å². The first-order valence-corrected chi connectivity index (χ1v) is 5.45. The molecular formula is C15H16O. The summed E-state index contributed by atoms with van der Waals surface area (Å²) in [6.45, 7) is 6.11. The SMILES string of the molecule is Cc1ccc(-c2ccc(C)c(O)c2)cc1C. The zero-order valence-electron chi connectivity index (χ0n) is 9.91. The van der Waals surface area contributed by atoms with E-state index in [4.69, 9.17) is 0 Å². The van der Waals surface area contributed by atoms with Gasteiger partial charge in [0, 0.05) is 0 Å². The van der Waals surface area contributed by atoms with Crippen LogP contribution in [-0.2, 0) is 0 Å². The Kier molecular flexibility index (Phi) is 2.69. The molecule has 0 unspecified atom stereocenters. The fourth-order valence-corrected chi connectivity index (χ4v) is 1.71. The van der Waals surface area contributed by atoms with E-state index in [9.17, 15) is 5.11 Å². The highest BCUT2D eigenvalue weighted by molar-refractivity contribution is 5.67. The summed E-state index contributed by atoms with van der Waals surface area (Å²) in [5.74, 6) is 0.357. The maximum Gasteiger partial charge on any atom is 0.119 e. The van der Waals surface area contributed by atoms with E-state index in [1.807, 2.05) is 25.1 Å². The number of hydrogen-bond acceptors (Lipinski definition) is 1. The van der Waals surface area contributed by atoms with E-state index in [1.165, 1.54) is 11.1 Å². The summed E-state index contributed by atoms with van der Waals surface area (Å²) in [6.07, 6.45) is 0. The molecule has 0 aliphatic rings. The lowest BCUT2D eigenvalue weighted by Gasteiger charge is -2.07. The molecule has 1 heteroatoms. The Morgan fingerprint density at radius 2 is 1.25 bits per heavy atom. The third-order valence-electron chi connectivity index (χ3n) is 3.05. The van der Waals surface area contributed by atoms with Gasteiger partial charge in [-0.1, -0.05) is 30.3 Å². The van der Waals surface area contributed by atoms with Gasteiger partial charge in [-0.25, -0.2) is 0 Å². The fourth-order valence-electron chi connectivity index (χ4n) is 1.71. The largest absolute Gasteiger partial charge is 0.508 e. The number of phenols is 1. The van der Waals surface area contributed by atoms with Gasteiger partial charge in [0.1, 0.15) is 5.75 Å². The summed E-state index contributed by atoms with van der Waals surface area (Å²) < 4.78 is 0. The summed E-state index contributed by atoms with van der Waals surface area (Å²) in [5.41, 5.74) is 5.69. The molecule has 82 valence electrons. The zero-order chi connectivity index (χ0) is 11.7. The standard InChI is InChI=1S/C15H16O/c1-10-4-6-13(8-12(10)3)14-7-5-11(2)15(16)9-14/h4-9,16H,1-3H3. The molecule has 0 aliphatic heterocycles. The van der Waals surface area contributed by atoms with Crippen molar-refractivity contribution < 1.29 is 5.11 Å². The summed E-state index contributed by atoms with van der Waals surface area (Å²) in [6, 6.07) is 12.2. The van der Waals surface area contributed by atoms with Crippen molar-refractivity contribution in [1.82, 2.24) is 0 Å². The van der Waals surface area contributed by atoms with Crippen LogP contribution >= 0.6 is 0 Å². The highest BCUT2D eigenvalue weighted by Gasteiger charge is 2.02. The van der Waals surface area contributed by atoms with Crippen LogP contribution in [0.15, 0.2) is 36.4 Å². The summed E-state index contributed by atoms with van der Waals surface area (Å²) in [5, 5.41) is 9.69. The Balaban J connectivity index is 2.50. The molecular weight excluding hydrogens is 196 g/mol. The van der Waals surface area contributed by atoms with Crippen molar-refractivity contribution in [3.63, 3.8) is 0 Å². The van der Waals surface area contributed by atoms with Gasteiger partial charge in [-0.05, 0) is 54.7 Å². The average molecular weight is 212 g/mol. The first-order chi connectivity index (χ1) is 7.58. The Labute approximate surface area is 96.4 Å². The first-order valence-electron chi connectivity index (χ1n) is 5.45. The van der Waals surface area contributed by atoms with E-state index < -0.39 is 0 Å². The average Bonchev–Trinajstić information content (AvgIpc) is 2.26. The predicted molar refractivity (Wildman–Crippen MR) is 67.8 cm³/mol. The van der Waals surface area contributed by atoms with E-state index in [2.05, 4.69) is 32.0 Å². The van der Waals surface area contributed by atoms with Gasteiger partial charge in [-0.2, -0.15) is 0 Å². The summed E-state index contributed by atoms with van der Waals surface area (Å²) in [4.78, 5) is 0. The minimum atomic E-state index is 0.357. The second-order valence-corrected chi connectivity index (χ2v) is 4.30. The lowest BCUT2D eigenvalue weighted by molar-refractivity contribution is 0.471. The predicted octanol–water partition coefficient (Wildman–Crippen LogP) is 3.98. The van der Waals surface area contributed by atoms with Crippen molar-refractivity contribution >= 4 is 0 Å². The quantitative estimate of drug-likeness (QED) is 0.758. The van der Waals surface area contributed by atoms with Gasteiger partial charge < -0.3 is 5.11 Å². The molecule has 0 saturated heterocycles. The normalized spacial score (nSPS) is 10.4. The number of aromatic hydroxyl groups is 1. The topological polar surface area (TPSA) is 20.2 Å². The molecule has 0 atom stereocenters. The molecule has 0 fully saturated rings. The Morgan fingerprint density at radius 1 is 0.688 bits per heavy atom. The van der Waals surface area contributed by atoms with Crippen molar-refractivity contribution in [3.05, 3.63) is 53.1 Å². The molecule has 0 amide bonds. The Morgan fingerprint density at radius 3 is 1.81 bits per heavy atom. The van der Waals surface area contributed by atoms with Gasteiger partial charge in [0.2, 0.25) is 0 Å². The molecule has 2 rings (SSSR count). The van der Waals surface area contributed by atoms with Crippen LogP contribution in [0.2, 0.25) is 0 Å². The maximum absolute atomic E-state index is 9.69. The summed E-state index contributed by atoms with van der Waals surface area (Å²) in [7, 11) is 0. The number of hydrogen-bond donors (Lipinski definition) is 1. The van der Waals surface area contributed by atoms with Crippen LogP contribution in [0.5, 0.6) is 5.75 Å². The van der Waals surface area contributed by atoms with Gasteiger partial charge >= 0.3 is 0 Å². The molecule has 0 radical (unpaired) electrons. The van der Waals surface area contributed by atoms with Crippen molar-refractivity contribution in [2.45, 2.75) is 20.8 Å². The minimum absolute atomic E-state index is 0.357. The van der Waals surface area contributed by atoms with Crippen LogP contribution in [-0.4, -0.2) is 5.11 Å². The van der Waals surface area contributed by atoms with Gasteiger partial charge in [-0.3, -0.25) is 0 Å². The summed E-state index contributed by atoms with van der Waals surface area (Å²) >= 11 is 0. The van der Waals surface area contributed by atoms with Gasteiger partial charge in [0.15, 0.2) is 0 Å². The minimum Gasteiger partial charge on any atom is -0.508 e. The van der Waals surface area contributed by atoms with Crippen molar-refractivity contribution in [2.75, 3.05) is 0 Å². The Bertz CT molecular complexity index is 477. The molecule has 0 aromatic heterocycles. The number of aryl methyl sites for hydroxylation is 3. The third kappa shape index (κ3) is 1.94. The van der Waals surface area contributed by atoms with Crippen LogP contribution in [0.3, 0.4) is 0 Å². The van der Waals surface area contributed by atoms with E-state index in [-0.39, 0.29) is 0 Å². The monoisotopic (exact) mass is 212 g/mol. The third-order valence-corrected chi connectivity index (χ3v) is 3.05. The first kappa shape index (κ1) is 10.7. The highest BCUT2D eigenvalue weighted by Crippen LogP contribution is 2.27. The molecule has 0 spiro atoms. The van der Waals surface area contributed by atoms with Crippen LogP contribution in [0, 0.1) is 20.8 Å². The van der Waals surface area contributed by atoms with Gasteiger partial charge in [0.05, 0.1) is 0 Å². The lowest BCUT2D eigenvalue weighted by Crippen LogP contribution is -1.84. The van der Waals surface area contributed by atoms with Crippen molar-refractivity contribution in [1.29, 1.82) is 0 Å². The smallest absolute Gasteiger partial charge is 0.119 e. The lowest BCUT2D eigenvalue weighted by atomic mass is 9.99. The number of rotatable bonds is 1. The van der Waals surface area contributed by atoms with Crippen molar-refractivity contribution in [2.24, 2.45) is 0 Å². The van der Waals surface area contributed by atoms with Gasteiger partial charge in [0.25, 0.3) is 0 Å². The van der Waals surface area contributed by atoms with Crippen LogP contribution < -0.4 is 0 Å². The molecule has 0 bridgehead atoms. The second kappa shape index (κ2) is 4.01. The van der Waals surface area contributed by atoms with Crippen LogP contribution in [0.1, 0.15) is 16.7 Å². The van der Waals surface area contributed by atoms with Gasteiger partial charge in [-0.15, -0.1) is 0 Å². The molecule has 2 aromatic rings. The molecule has 1 nitrogen and oxygen atoms in total. The van der Waals surface area contributed by atoms with E-state index in [0.29, 0.717) is 5.75 Å². The van der Waals surface area contributed by atoms with E-state index in [1.54, 1.807) is 0 Å². The molecule has 16 heavy (non-hydrogen) atoms. The number of benzene rings is 2. The highest BCUT2D eigenvalue weighted by atomic mass is 16.3. The second-order valence-electron chi connectivity index (χ2n) is 4.30. The molecule has 1 N–H and O–H groups in total. The molecule has 2 aromatic carbocycles.